The van der Waals surface area contributed by atoms with E-state index in [0.29, 0.717) is 24.2 Å². The Labute approximate surface area is 143 Å². The van der Waals surface area contributed by atoms with Gasteiger partial charge in [0.05, 0.1) is 22.7 Å². The van der Waals surface area contributed by atoms with E-state index in [-0.39, 0.29) is 12.5 Å². The quantitative estimate of drug-likeness (QED) is 0.635. The Balaban J connectivity index is 1.65. The number of halogens is 1. The molecular weight excluding hydrogens is 349 g/mol. The molecule has 2 heterocycles. The van der Waals surface area contributed by atoms with Crippen LogP contribution in [0, 0.1) is 0 Å². The molecule has 1 aliphatic heterocycles. The first-order valence-electron chi connectivity index (χ1n) is 7.36. The molecule has 0 saturated heterocycles. The maximum Gasteiger partial charge on any atom is 0.332 e. The number of rotatable bonds is 5. The predicted molar refractivity (Wildman–Crippen MR) is 85.5 cm³/mol. The summed E-state index contributed by atoms with van der Waals surface area (Å²) in [6, 6.07) is 6.83. The fourth-order valence-electron chi connectivity index (χ4n) is 2.54. The van der Waals surface area contributed by atoms with E-state index in [1.165, 1.54) is 18.3 Å². The van der Waals surface area contributed by atoms with E-state index in [2.05, 4.69) is 10.3 Å². The van der Waals surface area contributed by atoms with Crippen molar-refractivity contribution < 1.29 is 21.9 Å². The smallest absolute Gasteiger partial charge is 0.332 e. The average molecular weight is 363 g/mol. The third kappa shape index (κ3) is 3.82. The topological polar surface area (TPSA) is 96.4 Å². The number of pyridine rings is 1. The molecule has 2 amide bonds. The number of amides is 2. The van der Waals surface area contributed by atoms with Crippen LogP contribution in [0.5, 0.6) is 0 Å². The van der Waals surface area contributed by atoms with Crippen molar-refractivity contribution in [2.24, 2.45) is 0 Å². The minimum Gasteiger partial charge on any atom is -0.348 e. The average Bonchev–Trinajstić information content (AvgIpc) is 3.01. The number of carbonyl (C=O) groups excluding carboxylic acids is 2. The van der Waals surface area contributed by atoms with E-state index in [9.17, 15) is 21.9 Å². The van der Waals surface area contributed by atoms with Gasteiger partial charge in [0.25, 0.3) is 5.91 Å². The molecule has 7 nitrogen and oxygen atoms in total. The Hall–Kier alpha value is -2.81. The number of nitrogens with one attached hydrogen (secondary N) is 1. The Morgan fingerprint density at radius 1 is 1.28 bits per heavy atom. The minimum absolute atomic E-state index is 0.156. The van der Waals surface area contributed by atoms with Crippen LogP contribution in [0.3, 0.4) is 0 Å². The van der Waals surface area contributed by atoms with Gasteiger partial charge in [0.15, 0.2) is 0 Å². The van der Waals surface area contributed by atoms with Crippen molar-refractivity contribution in [3.05, 3.63) is 58.9 Å². The largest absolute Gasteiger partial charge is 0.348 e. The zero-order chi connectivity index (χ0) is 18.0. The summed E-state index contributed by atoms with van der Waals surface area (Å²) in [4.78, 5) is 28.3. The van der Waals surface area contributed by atoms with Crippen molar-refractivity contribution >= 4 is 22.5 Å². The summed E-state index contributed by atoms with van der Waals surface area (Å²) in [6.45, 7) is 1.01. The molecule has 0 saturated carbocycles. The maximum absolute atomic E-state index is 12.8. The van der Waals surface area contributed by atoms with Crippen molar-refractivity contribution in [1.82, 2.24) is 15.2 Å². The molecule has 0 fully saturated rings. The van der Waals surface area contributed by atoms with Crippen molar-refractivity contribution in [3.8, 4) is 0 Å². The Kier molecular flexibility index (Phi) is 4.49. The van der Waals surface area contributed by atoms with Gasteiger partial charge in [-0.25, -0.2) is 0 Å². The van der Waals surface area contributed by atoms with Crippen LogP contribution in [0.25, 0.3) is 0 Å². The normalized spacial score (nSPS) is 13.4. The highest BCUT2D eigenvalue weighted by Gasteiger charge is 2.20. The molecule has 9 heteroatoms. The molecule has 0 unspecified atom stereocenters. The third-order valence-electron chi connectivity index (χ3n) is 3.86. The van der Waals surface area contributed by atoms with Crippen LogP contribution < -0.4 is 5.32 Å². The van der Waals surface area contributed by atoms with Crippen LogP contribution in [0.2, 0.25) is 0 Å². The number of fused-ring (bicyclic) bond motifs is 1. The summed E-state index contributed by atoms with van der Waals surface area (Å²) in [5.41, 5.74) is 2.60. The third-order valence-corrected chi connectivity index (χ3v) is 4.69. The van der Waals surface area contributed by atoms with Crippen LogP contribution in [0.15, 0.2) is 41.4 Å². The van der Waals surface area contributed by atoms with Gasteiger partial charge in [-0.05, 0) is 29.3 Å². The molecule has 0 radical (unpaired) electrons. The molecule has 0 bridgehead atoms. The molecule has 3 rings (SSSR count). The zero-order valence-electron chi connectivity index (χ0n) is 13.0. The summed E-state index contributed by atoms with van der Waals surface area (Å²) >= 11 is 0. The van der Waals surface area contributed by atoms with Crippen molar-refractivity contribution in [3.63, 3.8) is 0 Å². The predicted octanol–water partition coefficient (Wildman–Crippen LogP) is 1.14. The van der Waals surface area contributed by atoms with E-state index < -0.39 is 15.1 Å². The minimum atomic E-state index is -4.73. The first kappa shape index (κ1) is 17.0. The molecule has 1 aliphatic rings. The first-order valence-corrected chi connectivity index (χ1v) is 8.74. The lowest BCUT2D eigenvalue weighted by atomic mass is 10.1. The van der Waals surface area contributed by atoms with Gasteiger partial charge in [-0.15, -0.1) is 3.89 Å². The Morgan fingerprint density at radius 2 is 2.00 bits per heavy atom. The van der Waals surface area contributed by atoms with Gasteiger partial charge in [0.1, 0.15) is 0 Å². The van der Waals surface area contributed by atoms with E-state index in [4.69, 9.17) is 0 Å². The summed E-state index contributed by atoms with van der Waals surface area (Å²) in [5, 5.41) is 2.68. The highest BCUT2D eigenvalue weighted by molar-refractivity contribution is 7.86. The summed E-state index contributed by atoms with van der Waals surface area (Å²) in [7, 11) is -4.73. The molecule has 2 aromatic rings. The standard InChI is InChI=1S/C16H14FN3O4S/c17-25(23,24)14-3-1-11(2-4-14)6-19-16(22)12-5-13-8-20(10-21)9-15(13)18-7-12/h1-5,7,10H,6,8-9H2,(H,19,22). The fourth-order valence-corrected chi connectivity index (χ4v) is 3.00. The molecule has 1 aromatic heterocycles. The van der Waals surface area contributed by atoms with E-state index in [0.717, 1.165) is 29.8 Å². The number of benzene rings is 1. The highest BCUT2D eigenvalue weighted by atomic mass is 32.3. The van der Waals surface area contributed by atoms with E-state index in [1.54, 1.807) is 11.0 Å². The van der Waals surface area contributed by atoms with Gasteiger partial charge in [0.2, 0.25) is 6.41 Å². The molecule has 1 aromatic carbocycles. The highest BCUT2D eigenvalue weighted by Crippen LogP contribution is 2.20. The van der Waals surface area contributed by atoms with Gasteiger partial charge < -0.3 is 10.2 Å². The first-order chi connectivity index (χ1) is 11.9. The Morgan fingerprint density at radius 3 is 2.64 bits per heavy atom. The van der Waals surface area contributed by atoms with Gasteiger partial charge >= 0.3 is 10.2 Å². The van der Waals surface area contributed by atoms with Gasteiger partial charge in [-0.3, -0.25) is 14.6 Å². The lowest BCUT2D eigenvalue weighted by molar-refractivity contribution is -0.118. The second-order valence-corrected chi connectivity index (χ2v) is 6.95. The van der Waals surface area contributed by atoms with Crippen LogP contribution in [-0.2, 0) is 34.7 Å². The van der Waals surface area contributed by atoms with Gasteiger partial charge in [-0.2, -0.15) is 8.42 Å². The second-order valence-electron chi connectivity index (χ2n) is 5.60. The molecular formula is C16H14FN3O4S. The molecule has 130 valence electrons. The van der Waals surface area contributed by atoms with Crippen molar-refractivity contribution in [1.29, 1.82) is 0 Å². The summed E-state index contributed by atoms with van der Waals surface area (Å²) in [6.07, 6.45) is 2.18. The van der Waals surface area contributed by atoms with E-state index >= 15 is 0 Å². The van der Waals surface area contributed by atoms with Crippen LogP contribution in [0.4, 0.5) is 3.89 Å². The SMILES string of the molecule is O=CN1Cc2cc(C(=O)NCc3ccc(S(=O)(=O)F)cc3)cnc2C1. The van der Waals surface area contributed by atoms with E-state index in [1.807, 2.05) is 0 Å². The monoisotopic (exact) mass is 363 g/mol. The number of aromatic nitrogens is 1. The van der Waals surface area contributed by atoms with Crippen molar-refractivity contribution in [2.45, 2.75) is 24.5 Å². The lowest BCUT2D eigenvalue weighted by Gasteiger charge is -2.07. The lowest BCUT2D eigenvalue weighted by Crippen LogP contribution is -2.23. The molecule has 0 aliphatic carbocycles. The maximum atomic E-state index is 12.8. The van der Waals surface area contributed by atoms with Crippen LogP contribution >= 0.6 is 0 Å². The van der Waals surface area contributed by atoms with Crippen molar-refractivity contribution in [2.75, 3.05) is 0 Å². The molecule has 1 N–H and O–H groups in total. The number of carbonyl (C=O) groups is 2. The van der Waals surface area contributed by atoms with Gasteiger partial charge in [0, 0.05) is 19.3 Å². The summed E-state index contributed by atoms with van der Waals surface area (Å²) < 4.78 is 34.4. The van der Waals surface area contributed by atoms with Gasteiger partial charge in [-0.1, -0.05) is 12.1 Å². The molecule has 25 heavy (non-hydrogen) atoms. The van der Waals surface area contributed by atoms with Crippen LogP contribution in [-0.4, -0.2) is 30.6 Å². The second kappa shape index (κ2) is 6.60. The Bertz CT molecular complexity index is 929. The zero-order valence-corrected chi connectivity index (χ0v) is 13.8. The fraction of sp³-hybridized carbons (Fsp3) is 0.188. The number of hydrogen-bond donors (Lipinski definition) is 1. The molecule has 0 spiro atoms. The molecule has 0 atom stereocenters. The number of hydrogen-bond acceptors (Lipinski definition) is 5. The van der Waals surface area contributed by atoms with Crippen LogP contribution in [0.1, 0.15) is 27.2 Å². The summed E-state index contributed by atoms with van der Waals surface area (Å²) in [5.74, 6) is -0.345. The number of nitrogens with zero attached hydrogens (tertiary/aromatic N) is 2.